The summed E-state index contributed by atoms with van der Waals surface area (Å²) in [6, 6.07) is 0. The molecular weight excluding hydrogens is 259 g/mol. The highest BCUT2D eigenvalue weighted by Crippen LogP contribution is 2.15. The van der Waals surface area contributed by atoms with Gasteiger partial charge in [0.25, 0.3) is 0 Å². The second-order valence-corrected chi connectivity index (χ2v) is 5.22. The average molecular weight is 284 g/mol. The standard InChI is InChI=1S/C11H25O4PS/c12-16(13)15-14-10-8-6-4-2-1-3-5-7-9-11-17/h16-17H,1-11H2,(H,12,13). The van der Waals surface area contributed by atoms with E-state index in [1.807, 2.05) is 0 Å². The van der Waals surface area contributed by atoms with E-state index in [1.165, 1.54) is 44.9 Å². The number of hydrogen-bond acceptors (Lipinski definition) is 4. The number of unbranched alkanes of at least 4 members (excludes halogenated alkanes) is 8. The van der Waals surface area contributed by atoms with E-state index in [1.54, 1.807) is 0 Å². The molecule has 0 radical (unpaired) electrons. The lowest BCUT2D eigenvalue weighted by Crippen LogP contribution is -1.91. The van der Waals surface area contributed by atoms with Crippen molar-refractivity contribution in [3.63, 3.8) is 0 Å². The van der Waals surface area contributed by atoms with Gasteiger partial charge < -0.3 is 4.89 Å². The first kappa shape index (κ1) is 17.5. The molecule has 0 aromatic heterocycles. The van der Waals surface area contributed by atoms with Gasteiger partial charge in [-0.15, -0.1) is 0 Å². The van der Waals surface area contributed by atoms with Crippen molar-refractivity contribution in [1.29, 1.82) is 0 Å². The summed E-state index contributed by atoms with van der Waals surface area (Å²) in [6.45, 7) is 0.402. The van der Waals surface area contributed by atoms with Gasteiger partial charge in [0.05, 0.1) is 6.61 Å². The van der Waals surface area contributed by atoms with Crippen LogP contribution in [0.5, 0.6) is 0 Å². The van der Waals surface area contributed by atoms with Crippen LogP contribution >= 0.6 is 20.9 Å². The largest absolute Gasteiger partial charge is 0.344 e. The van der Waals surface area contributed by atoms with E-state index in [0.29, 0.717) is 6.61 Å². The minimum absolute atomic E-state index is 0.402. The Balaban J connectivity index is 2.91. The zero-order chi connectivity index (χ0) is 12.8. The molecule has 0 fully saturated rings. The van der Waals surface area contributed by atoms with Crippen molar-refractivity contribution in [3.05, 3.63) is 0 Å². The zero-order valence-corrected chi connectivity index (χ0v) is 12.3. The van der Waals surface area contributed by atoms with Crippen LogP contribution in [0.3, 0.4) is 0 Å². The smallest absolute Gasteiger partial charge is 0.325 e. The molecule has 0 saturated carbocycles. The lowest BCUT2D eigenvalue weighted by atomic mass is 10.1. The SMILES string of the molecule is O=[PH](O)OOCCCCCCCCCCCS. The summed E-state index contributed by atoms with van der Waals surface area (Å²) in [6.07, 6.45) is 10.9. The molecule has 1 N–H and O–H groups in total. The molecule has 17 heavy (non-hydrogen) atoms. The molecule has 104 valence electrons. The molecule has 0 bridgehead atoms. The first-order valence-corrected chi connectivity index (χ1v) is 8.30. The summed E-state index contributed by atoms with van der Waals surface area (Å²) in [5.41, 5.74) is 0. The van der Waals surface area contributed by atoms with Gasteiger partial charge in [-0.25, -0.2) is 4.89 Å². The van der Waals surface area contributed by atoms with Crippen molar-refractivity contribution in [2.45, 2.75) is 57.8 Å². The maximum atomic E-state index is 10.1. The summed E-state index contributed by atoms with van der Waals surface area (Å²) in [7, 11) is -2.92. The molecule has 1 atom stereocenters. The third-order valence-corrected chi connectivity index (χ3v) is 3.09. The van der Waals surface area contributed by atoms with E-state index >= 15 is 0 Å². The monoisotopic (exact) mass is 284 g/mol. The Morgan fingerprint density at radius 2 is 1.35 bits per heavy atom. The minimum atomic E-state index is -2.92. The molecule has 0 saturated heterocycles. The summed E-state index contributed by atoms with van der Waals surface area (Å²) >= 11 is 4.18. The van der Waals surface area contributed by atoms with E-state index in [-0.39, 0.29) is 0 Å². The molecule has 0 spiro atoms. The Hall–Kier alpha value is 0.460. The molecule has 0 rings (SSSR count). The molecule has 1 unspecified atom stereocenters. The second kappa shape index (κ2) is 14.5. The van der Waals surface area contributed by atoms with Gasteiger partial charge in [-0.1, -0.05) is 44.9 Å². The van der Waals surface area contributed by atoms with Gasteiger partial charge in [-0.2, -0.15) is 17.3 Å². The average Bonchev–Trinajstić information content (AvgIpc) is 2.30. The van der Waals surface area contributed by atoms with Gasteiger partial charge in [-0.3, -0.25) is 4.57 Å². The zero-order valence-electron chi connectivity index (χ0n) is 10.4. The van der Waals surface area contributed by atoms with Crippen LogP contribution in [0.2, 0.25) is 0 Å². The van der Waals surface area contributed by atoms with Crippen LogP contribution in [-0.2, 0) is 14.1 Å². The number of thiol groups is 1. The summed E-state index contributed by atoms with van der Waals surface area (Å²) in [5, 5.41) is 0. The van der Waals surface area contributed by atoms with Gasteiger partial charge in [0, 0.05) is 0 Å². The van der Waals surface area contributed by atoms with Crippen molar-refractivity contribution in [1.82, 2.24) is 0 Å². The molecule has 0 aromatic rings. The number of rotatable bonds is 13. The summed E-state index contributed by atoms with van der Waals surface area (Å²) in [4.78, 5) is 12.9. The van der Waals surface area contributed by atoms with Crippen molar-refractivity contribution >= 4 is 20.9 Å². The van der Waals surface area contributed by atoms with Gasteiger partial charge in [-0.05, 0) is 18.6 Å². The van der Waals surface area contributed by atoms with E-state index in [0.717, 1.165) is 18.6 Å². The lowest BCUT2D eigenvalue weighted by Gasteiger charge is -2.02. The highest BCUT2D eigenvalue weighted by molar-refractivity contribution is 7.80. The van der Waals surface area contributed by atoms with Crippen molar-refractivity contribution < 1.29 is 19.0 Å². The Morgan fingerprint density at radius 1 is 0.882 bits per heavy atom. The van der Waals surface area contributed by atoms with Gasteiger partial charge in [0.2, 0.25) is 0 Å². The van der Waals surface area contributed by atoms with Crippen LogP contribution in [0.15, 0.2) is 0 Å². The molecule has 0 aliphatic carbocycles. The van der Waals surface area contributed by atoms with Crippen LogP contribution < -0.4 is 0 Å². The maximum absolute atomic E-state index is 10.1. The van der Waals surface area contributed by atoms with Crippen LogP contribution in [0, 0.1) is 0 Å². The minimum Gasteiger partial charge on any atom is -0.325 e. The predicted octanol–water partition coefficient (Wildman–Crippen LogP) is 3.76. The van der Waals surface area contributed by atoms with E-state index in [4.69, 9.17) is 4.89 Å². The third-order valence-electron chi connectivity index (χ3n) is 2.52. The lowest BCUT2D eigenvalue weighted by molar-refractivity contribution is -0.208. The van der Waals surface area contributed by atoms with Crippen LogP contribution in [0.1, 0.15) is 57.8 Å². The normalized spacial score (nSPS) is 12.8. The Bertz CT molecular complexity index is 181. The molecule has 0 aliphatic rings. The van der Waals surface area contributed by atoms with Crippen molar-refractivity contribution in [3.8, 4) is 0 Å². The fourth-order valence-electron chi connectivity index (χ4n) is 1.60. The van der Waals surface area contributed by atoms with Gasteiger partial charge >= 0.3 is 8.25 Å². The molecule has 6 heteroatoms. The number of hydrogen-bond donors (Lipinski definition) is 2. The fraction of sp³-hybridized carbons (Fsp3) is 1.00. The molecular formula is C11H25O4PS. The Labute approximate surface area is 110 Å². The third kappa shape index (κ3) is 16.5. The van der Waals surface area contributed by atoms with Crippen molar-refractivity contribution in [2.24, 2.45) is 0 Å². The van der Waals surface area contributed by atoms with Gasteiger partial charge in [0.1, 0.15) is 0 Å². The summed E-state index contributed by atoms with van der Waals surface area (Å²) < 4.78 is 14.2. The summed E-state index contributed by atoms with van der Waals surface area (Å²) in [5.74, 6) is 1.00. The molecule has 0 heterocycles. The second-order valence-electron chi connectivity index (χ2n) is 4.08. The molecule has 0 amide bonds. The van der Waals surface area contributed by atoms with E-state index < -0.39 is 8.25 Å². The first-order chi connectivity index (χ1) is 8.27. The molecule has 0 aromatic carbocycles. The van der Waals surface area contributed by atoms with Crippen LogP contribution in [-0.4, -0.2) is 17.3 Å². The van der Waals surface area contributed by atoms with Crippen molar-refractivity contribution in [2.75, 3.05) is 12.4 Å². The molecule has 0 aliphatic heterocycles. The predicted molar refractivity (Wildman–Crippen MR) is 73.7 cm³/mol. The highest BCUT2D eigenvalue weighted by atomic mass is 32.1. The topological polar surface area (TPSA) is 55.8 Å². The highest BCUT2D eigenvalue weighted by Gasteiger charge is 1.95. The Kier molecular flexibility index (Phi) is 14.9. The van der Waals surface area contributed by atoms with Gasteiger partial charge in [0.15, 0.2) is 0 Å². The Morgan fingerprint density at radius 3 is 1.82 bits per heavy atom. The van der Waals surface area contributed by atoms with E-state index in [2.05, 4.69) is 22.2 Å². The quantitative estimate of drug-likeness (QED) is 0.178. The maximum Gasteiger partial charge on any atom is 0.344 e. The van der Waals surface area contributed by atoms with E-state index in [9.17, 15) is 4.57 Å². The first-order valence-electron chi connectivity index (χ1n) is 6.40. The molecule has 4 nitrogen and oxygen atoms in total. The van der Waals surface area contributed by atoms with Crippen LogP contribution in [0.4, 0.5) is 0 Å². The fourth-order valence-corrected chi connectivity index (χ4v) is 2.01. The van der Waals surface area contributed by atoms with Crippen LogP contribution in [0.25, 0.3) is 0 Å².